The van der Waals surface area contributed by atoms with Crippen LogP contribution in [0.25, 0.3) is 0 Å². The maximum absolute atomic E-state index is 12.5. The lowest BCUT2D eigenvalue weighted by Crippen LogP contribution is -2.33. The molecule has 3 nitrogen and oxygen atoms in total. The van der Waals surface area contributed by atoms with Crippen molar-refractivity contribution >= 4 is 5.91 Å². The van der Waals surface area contributed by atoms with Crippen molar-refractivity contribution in [1.29, 1.82) is 0 Å². The number of alkyl halides is 2. The third-order valence-corrected chi connectivity index (χ3v) is 2.34. The fraction of sp³-hybridized carbons (Fsp3) is 0.900. The number of hydrogen-bond acceptors (Lipinski definition) is 2. The van der Waals surface area contributed by atoms with Crippen molar-refractivity contribution in [3.8, 4) is 0 Å². The van der Waals surface area contributed by atoms with Crippen LogP contribution in [0.3, 0.4) is 0 Å². The highest BCUT2D eigenvalue weighted by atomic mass is 19.3. The average Bonchev–Trinajstić information content (AvgIpc) is 2.83. The standard InChI is InChI=1S/C10H18F2N2O/c1-10(11,12)5-4-7(13)6-9(15)14-8-2-3-8/h7-8H,2-6,13H2,1H3,(H,14,15)/t7-/m0/s1. The summed E-state index contributed by atoms with van der Waals surface area (Å²) in [6, 6.07) is -0.160. The number of hydrogen-bond donors (Lipinski definition) is 2. The number of carbonyl (C=O) groups excluding carboxylic acids is 1. The molecule has 1 amide bonds. The van der Waals surface area contributed by atoms with Crippen LogP contribution in [0.4, 0.5) is 8.78 Å². The van der Waals surface area contributed by atoms with Gasteiger partial charge in [0.2, 0.25) is 11.8 Å². The highest BCUT2D eigenvalue weighted by Gasteiger charge is 2.25. The molecule has 3 N–H and O–H groups in total. The molecule has 0 radical (unpaired) electrons. The lowest BCUT2D eigenvalue weighted by atomic mass is 10.1. The molecule has 5 heteroatoms. The van der Waals surface area contributed by atoms with Crippen molar-refractivity contribution in [1.82, 2.24) is 5.32 Å². The Morgan fingerprint density at radius 3 is 2.67 bits per heavy atom. The predicted octanol–water partition coefficient (Wildman–Crippen LogP) is 1.42. The van der Waals surface area contributed by atoms with Gasteiger partial charge in [-0.1, -0.05) is 0 Å². The first kappa shape index (κ1) is 12.4. The maximum atomic E-state index is 12.5. The topological polar surface area (TPSA) is 55.1 Å². The zero-order valence-corrected chi connectivity index (χ0v) is 8.93. The molecule has 88 valence electrons. The predicted molar refractivity (Wildman–Crippen MR) is 53.6 cm³/mol. The lowest BCUT2D eigenvalue weighted by molar-refractivity contribution is -0.121. The summed E-state index contributed by atoms with van der Waals surface area (Å²) in [5.74, 6) is -2.81. The Labute approximate surface area is 88.4 Å². The molecule has 0 spiro atoms. The van der Waals surface area contributed by atoms with Crippen molar-refractivity contribution in [2.75, 3.05) is 0 Å². The second kappa shape index (κ2) is 4.88. The van der Waals surface area contributed by atoms with Gasteiger partial charge in [-0.05, 0) is 26.2 Å². The first-order valence-electron chi connectivity index (χ1n) is 5.29. The molecule has 1 fully saturated rings. The molecule has 0 saturated heterocycles. The minimum Gasteiger partial charge on any atom is -0.353 e. The Morgan fingerprint density at radius 2 is 2.20 bits per heavy atom. The number of amides is 1. The van der Waals surface area contributed by atoms with Crippen molar-refractivity contribution < 1.29 is 13.6 Å². The average molecular weight is 220 g/mol. The Bertz CT molecular complexity index is 224. The van der Waals surface area contributed by atoms with Crippen LogP contribution < -0.4 is 11.1 Å². The van der Waals surface area contributed by atoms with Crippen molar-refractivity contribution in [3.05, 3.63) is 0 Å². The van der Waals surface area contributed by atoms with Gasteiger partial charge >= 0.3 is 0 Å². The summed E-state index contributed by atoms with van der Waals surface area (Å²) >= 11 is 0. The van der Waals surface area contributed by atoms with Gasteiger partial charge in [0.1, 0.15) is 0 Å². The Balaban J connectivity index is 2.11. The van der Waals surface area contributed by atoms with E-state index in [9.17, 15) is 13.6 Å². The number of nitrogens with one attached hydrogen (secondary N) is 1. The van der Waals surface area contributed by atoms with Crippen LogP contribution in [0, 0.1) is 0 Å². The van der Waals surface area contributed by atoms with Crippen LogP contribution >= 0.6 is 0 Å². The SMILES string of the molecule is CC(F)(F)CC[C@H](N)CC(=O)NC1CC1. The molecule has 0 aromatic rings. The van der Waals surface area contributed by atoms with Crippen LogP contribution in [0.2, 0.25) is 0 Å². The van der Waals surface area contributed by atoms with Gasteiger partial charge in [0.15, 0.2) is 0 Å². The summed E-state index contributed by atoms with van der Waals surface area (Å²) in [6.45, 7) is 0.865. The smallest absolute Gasteiger partial charge is 0.245 e. The van der Waals surface area contributed by atoms with Gasteiger partial charge in [0.05, 0.1) is 0 Å². The van der Waals surface area contributed by atoms with Gasteiger partial charge < -0.3 is 11.1 Å². The molecule has 0 heterocycles. The molecule has 1 rings (SSSR count). The molecule has 15 heavy (non-hydrogen) atoms. The zero-order chi connectivity index (χ0) is 11.5. The summed E-state index contributed by atoms with van der Waals surface area (Å²) in [5.41, 5.74) is 5.58. The molecule has 0 bridgehead atoms. The summed E-state index contributed by atoms with van der Waals surface area (Å²) in [6.07, 6.45) is 2.11. The molecule has 1 aliphatic carbocycles. The van der Waals surface area contributed by atoms with E-state index < -0.39 is 12.0 Å². The van der Waals surface area contributed by atoms with Crippen LogP contribution in [-0.4, -0.2) is 23.9 Å². The van der Waals surface area contributed by atoms with Crippen LogP contribution in [0.5, 0.6) is 0 Å². The first-order valence-corrected chi connectivity index (χ1v) is 5.29. The van der Waals surface area contributed by atoms with E-state index in [1.807, 2.05) is 0 Å². The van der Waals surface area contributed by atoms with Gasteiger partial charge in [0, 0.05) is 24.9 Å². The van der Waals surface area contributed by atoms with Crippen LogP contribution in [0.1, 0.15) is 39.0 Å². The van der Waals surface area contributed by atoms with Crippen LogP contribution in [0.15, 0.2) is 0 Å². The summed E-state index contributed by atoms with van der Waals surface area (Å²) in [7, 11) is 0. The Morgan fingerprint density at radius 1 is 1.60 bits per heavy atom. The number of nitrogens with two attached hydrogens (primary N) is 1. The molecular formula is C10H18F2N2O. The Kier molecular flexibility index (Phi) is 4.02. The molecule has 0 aliphatic heterocycles. The largest absolute Gasteiger partial charge is 0.353 e. The number of carbonyl (C=O) groups is 1. The monoisotopic (exact) mass is 220 g/mol. The minimum atomic E-state index is -2.69. The van der Waals surface area contributed by atoms with Gasteiger partial charge in [-0.25, -0.2) is 8.78 Å². The fourth-order valence-electron chi connectivity index (χ4n) is 1.29. The van der Waals surface area contributed by atoms with E-state index in [0.29, 0.717) is 6.04 Å². The van der Waals surface area contributed by atoms with Crippen molar-refractivity contribution in [2.24, 2.45) is 5.73 Å². The molecule has 0 unspecified atom stereocenters. The summed E-state index contributed by atoms with van der Waals surface area (Å²) in [5, 5.41) is 2.78. The normalized spacial score (nSPS) is 18.7. The third-order valence-electron chi connectivity index (χ3n) is 2.34. The summed E-state index contributed by atoms with van der Waals surface area (Å²) < 4.78 is 25.0. The van der Waals surface area contributed by atoms with Gasteiger partial charge in [-0.15, -0.1) is 0 Å². The molecule has 1 saturated carbocycles. The molecule has 1 aliphatic rings. The van der Waals surface area contributed by atoms with Crippen molar-refractivity contribution in [2.45, 2.75) is 57.0 Å². The quantitative estimate of drug-likeness (QED) is 0.711. The summed E-state index contributed by atoms with van der Waals surface area (Å²) in [4.78, 5) is 11.2. The molecular weight excluding hydrogens is 202 g/mol. The minimum absolute atomic E-state index is 0.121. The first-order chi connectivity index (χ1) is 6.87. The van der Waals surface area contributed by atoms with Crippen LogP contribution in [-0.2, 0) is 4.79 Å². The molecule has 0 aromatic heterocycles. The highest BCUT2D eigenvalue weighted by molar-refractivity contribution is 5.77. The number of rotatable bonds is 6. The lowest BCUT2D eigenvalue weighted by Gasteiger charge is -2.14. The van der Waals surface area contributed by atoms with Gasteiger partial charge in [0.25, 0.3) is 0 Å². The second-order valence-corrected chi connectivity index (χ2v) is 4.41. The van der Waals surface area contributed by atoms with E-state index in [0.717, 1.165) is 19.8 Å². The van der Waals surface area contributed by atoms with Gasteiger partial charge in [-0.2, -0.15) is 0 Å². The van der Waals surface area contributed by atoms with E-state index in [4.69, 9.17) is 5.73 Å². The molecule has 0 aromatic carbocycles. The number of halogens is 2. The highest BCUT2D eigenvalue weighted by Crippen LogP contribution is 2.21. The van der Waals surface area contributed by atoms with E-state index in [2.05, 4.69) is 5.32 Å². The van der Waals surface area contributed by atoms with Gasteiger partial charge in [-0.3, -0.25) is 4.79 Å². The van der Waals surface area contributed by atoms with E-state index in [1.165, 1.54) is 0 Å². The third kappa shape index (κ3) is 6.38. The van der Waals surface area contributed by atoms with E-state index in [-0.39, 0.29) is 25.2 Å². The van der Waals surface area contributed by atoms with E-state index >= 15 is 0 Å². The van der Waals surface area contributed by atoms with Crippen molar-refractivity contribution in [3.63, 3.8) is 0 Å². The second-order valence-electron chi connectivity index (χ2n) is 4.41. The maximum Gasteiger partial charge on any atom is 0.245 e. The Hall–Kier alpha value is -0.710. The zero-order valence-electron chi connectivity index (χ0n) is 8.93. The van der Waals surface area contributed by atoms with E-state index in [1.54, 1.807) is 0 Å². The fourth-order valence-corrected chi connectivity index (χ4v) is 1.29. The molecule has 1 atom stereocenters.